The van der Waals surface area contributed by atoms with Gasteiger partial charge in [0.2, 0.25) is 0 Å². The van der Waals surface area contributed by atoms with E-state index in [2.05, 4.69) is 29.2 Å². The Hall–Kier alpha value is -0.640. The molecular formula is C11H11IO. The number of alkyl halides is 1. The zero-order chi connectivity index (χ0) is 9.84. The van der Waals surface area contributed by atoms with E-state index >= 15 is 0 Å². The lowest BCUT2D eigenvalue weighted by Gasteiger charge is -2.00. The first-order valence-corrected chi connectivity index (χ1v) is 5.53. The van der Waals surface area contributed by atoms with Gasteiger partial charge in [-0.05, 0) is 18.1 Å². The molecule has 1 aromatic rings. The first-order chi connectivity index (χ1) is 6.15. The first-order valence-electron chi connectivity index (χ1n) is 4.00. The van der Waals surface area contributed by atoms with Gasteiger partial charge in [-0.1, -0.05) is 53.4 Å². The van der Waals surface area contributed by atoms with Gasteiger partial charge in [0.05, 0.1) is 0 Å². The summed E-state index contributed by atoms with van der Waals surface area (Å²) >= 11 is 2.29. The van der Waals surface area contributed by atoms with Crippen molar-refractivity contribution in [3.63, 3.8) is 0 Å². The van der Waals surface area contributed by atoms with E-state index in [1.165, 1.54) is 5.56 Å². The largest absolute Gasteiger partial charge is 0.289 e. The van der Waals surface area contributed by atoms with Crippen LogP contribution in [-0.4, -0.2) is 5.78 Å². The molecule has 0 amide bonds. The minimum atomic E-state index is 0.0278. The summed E-state index contributed by atoms with van der Waals surface area (Å²) in [7, 11) is 0. The van der Waals surface area contributed by atoms with Crippen LogP contribution in [0.15, 0.2) is 36.4 Å². The second kappa shape index (κ2) is 4.56. The molecule has 1 aromatic carbocycles. The lowest BCUT2D eigenvalue weighted by molar-refractivity contribution is 0.103. The predicted octanol–water partition coefficient (Wildman–Crippen LogP) is 3.38. The number of Topliss-reactive ketones (excluding diaryl/α,β-unsaturated/α-hetero) is 1. The number of hydrogen-bond donors (Lipinski definition) is 0. The molecule has 0 aliphatic heterocycles. The standard InChI is InChI=1S/C11H11IO/c1-8(2)11(13)10-5-3-9(7-12)4-6-10/h3-6H,1,7H2,2H3. The molecule has 0 aromatic heterocycles. The molecule has 0 aliphatic rings. The molecule has 0 bridgehead atoms. The molecule has 0 aliphatic carbocycles. The quantitative estimate of drug-likeness (QED) is 0.360. The van der Waals surface area contributed by atoms with Crippen LogP contribution in [0.5, 0.6) is 0 Å². The van der Waals surface area contributed by atoms with Crippen molar-refractivity contribution in [2.45, 2.75) is 11.4 Å². The smallest absolute Gasteiger partial charge is 0.188 e. The van der Waals surface area contributed by atoms with Crippen LogP contribution in [-0.2, 0) is 4.43 Å². The topological polar surface area (TPSA) is 17.1 Å². The van der Waals surface area contributed by atoms with Crippen molar-refractivity contribution in [2.75, 3.05) is 0 Å². The van der Waals surface area contributed by atoms with E-state index in [9.17, 15) is 4.79 Å². The molecular weight excluding hydrogens is 275 g/mol. The fraction of sp³-hybridized carbons (Fsp3) is 0.182. The van der Waals surface area contributed by atoms with Crippen molar-refractivity contribution in [3.8, 4) is 0 Å². The van der Waals surface area contributed by atoms with Crippen molar-refractivity contribution in [2.24, 2.45) is 0 Å². The number of carbonyl (C=O) groups is 1. The summed E-state index contributed by atoms with van der Waals surface area (Å²) < 4.78 is 0.972. The summed E-state index contributed by atoms with van der Waals surface area (Å²) in [4.78, 5) is 11.4. The number of halogens is 1. The molecule has 0 N–H and O–H groups in total. The maximum absolute atomic E-state index is 11.4. The Kier molecular flexibility index (Phi) is 3.66. The highest BCUT2D eigenvalue weighted by Gasteiger charge is 2.04. The molecule has 0 unspecified atom stereocenters. The van der Waals surface area contributed by atoms with E-state index < -0.39 is 0 Å². The van der Waals surface area contributed by atoms with Crippen LogP contribution in [0, 0.1) is 0 Å². The number of carbonyl (C=O) groups excluding carboxylic acids is 1. The molecule has 0 radical (unpaired) electrons. The van der Waals surface area contributed by atoms with Crippen LogP contribution < -0.4 is 0 Å². The van der Waals surface area contributed by atoms with Gasteiger partial charge in [0.1, 0.15) is 0 Å². The monoisotopic (exact) mass is 286 g/mol. The maximum atomic E-state index is 11.4. The van der Waals surface area contributed by atoms with Gasteiger partial charge in [-0.15, -0.1) is 0 Å². The van der Waals surface area contributed by atoms with Crippen LogP contribution in [0.4, 0.5) is 0 Å². The SMILES string of the molecule is C=C(C)C(=O)c1ccc(CI)cc1. The molecule has 0 fully saturated rings. The molecule has 68 valence electrons. The first kappa shape index (κ1) is 10.4. The Balaban J connectivity index is 2.92. The normalized spacial score (nSPS) is 9.69. The molecule has 1 rings (SSSR count). The maximum Gasteiger partial charge on any atom is 0.188 e. The third kappa shape index (κ3) is 2.66. The van der Waals surface area contributed by atoms with E-state index in [4.69, 9.17) is 0 Å². The number of hydrogen-bond acceptors (Lipinski definition) is 1. The minimum absolute atomic E-state index is 0.0278. The van der Waals surface area contributed by atoms with Crippen LogP contribution in [0.2, 0.25) is 0 Å². The minimum Gasteiger partial charge on any atom is -0.289 e. The van der Waals surface area contributed by atoms with Crippen LogP contribution in [0.25, 0.3) is 0 Å². The number of rotatable bonds is 3. The summed E-state index contributed by atoms with van der Waals surface area (Å²) in [5.74, 6) is 0.0278. The van der Waals surface area contributed by atoms with E-state index in [1.807, 2.05) is 24.3 Å². The lowest BCUT2D eigenvalue weighted by Crippen LogP contribution is -1.98. The third-order valence-electron chi connectivity index (χ3n) is 1.76. The Labute approximate surface area is 92.0 Å². The lowest BCUT2D eigenvalue weighted by atomic mass is 10.0. The Morgan fingerprint density at radius 2 is 1.92 bits per heavy atom. The third-order valence-corrected chi connectivity index (χ3v) is 2.64. The second-order valence-corrected chi connectivity index (χ2v) is 3.70. The molecule has 0 spiro atoms. The van der Waals surface area contributed by atoms with Gasteiger partial charge >= 0.3 is 0 Å². The average molecular weight is 286 g/mol. The van der Waals surface area contributed by atoms with Crippen LogP contribution >= 0.6 is 22.6 Å². The van der Waals surface area contributed by atoms with Gasteiger partial charge in [-0.25, -0.2) is 0 Å². The Morgan fingerprint density at radius 1 is 1.38 bits per heavy atom. The highest BCUT2D eigenvalue weighted by molar-refractivity contribution is 14.1. The summed E-state index contributed by atoms with van der Waals surface area (Å²) in [5.41, 5.74) is 2.54. The molecule has 1 nitrogen and oxygen atoms in total. The van der Waals surface area contributed by atoms with Gasteiger partial charge in [-0.3, -0.25) is 4.79 Å². The number of benzene rings is 1. The number of ketones is 1. The highest BCUT2D eigenvalue weighted by Crippen LogP contribution is 2.11. The van der Waals surface area contributed by atoms with Crippen molar-refractivity contribution in [1.82, 2.24) is 0 Å². The van der Waals surface area contributed by atoms with Gasteiger partial charge in [-0.2, -0.15) is 0 Å². The molecule has 13 heavy (non-hydrogen) atoms. The van der Waals surface area contributed by atoms with Gasteiger partial charge < -0.3 is 0 Å². The molecule has 0 saturated carbocycles. The second-order valence-electron chi connectivity index (χ2n) is 2.94. The van der Waals surface area contributed by atoms with E-state index in [-0.39, 0.29) is 5.78 Å². The fourth-order valence-electron chi connectivity index (χ4n) is 0.992. The van der Waals surface area contributed by atoms with Crippen LogP contribution in [0.1, 0.15) is 22.8 Å². The van der Waals surface area contributed by atoms with E-state index in [1.54, 1.807) is 6.92 Å². The zero-order valence-electron chi connectivity index (χ0n) is 7.51. The average Bonchev–Trinajstić information content (AvgIpc) is 2.17. The Morgan fingerprint density at radius 3 is 2.31 bits per heavy atom. The van der Waals surface area contributed by atoms with Crippen LogP contribution in [0.3, 0.4) is 0 Å². The summed E-state index contributed by atoms with van der Waals surface area (Å²) in [6.07, 6.45) is 0. The summed E-state index contributed by atoms with van der Waals surface area (Å²) in [6, 6.07) is 7.65. The Bertz CT molecular complexity index is 324. The fourth-order valence-corrected chi connectivity index (χ4v) is 1.50. The molecule has 2 heteroatoms. The molecule has 0 atom stereocenters. The van der Waals surface area contributed by atoms with Gasteiger partial charge in [0, 0.05) is 9.99 Å². The van der Waals surface area contributed by atoms with Crippen molar-refractivity contribution < 1.29 is 4.79 Å². The van der Waals surface area contributed by atoms with Crippen molar-refractivity contribution >= 4 is 28.4 Å². The predicted molar refractivity (Wildman–Crippen MR) is 63.3 cm³/mol. The summed E-state index contributed by atoms with van der Waals surface area (Å²) in [6.45, 7) is 5.35. The highest BCUT2D eigenvalue weighted by atomic mass is 127. The molecule has 0 saturated heterocycles. The zero-order valence-corrected chi connectivity index (χ0v) is 9.67. The summed E-state index contributed by atoms with van der Waals surface area (Å²) in [5, 5.41) is 0. The van der Waals surface area contributed by atoms with Crippen molar-refractivity contribution in [3.05, 3.63) is 47.5 Å². The van der Waals surface area contributed by atoms with Crippen molar-refractivity contribution in [1.29, 1.82) is 0 Å². The van der Waals surface area contributed by atoms with Gasteiger partial charge in [0.25, 0.3) is 0 Å². The van der Waals surface area contributed by atoms with E-state index in [0.717, 1.165) is 9.99 Å². The van der Waals surface area contributed by atoms with Gasteiger partial charge in [0.15, 0.2) is 5.78 Å². The number of allylic oxidation sites excluding steroid dienone is 1. The van der Waals surface area contributed by atoms with E-state index in [0.29, 0.717) is 5.57 Å². The molecule has 0 heterocycles.